The maximum atomic E-state index is 6.45. The number of methoxy groups -OCH3 is 2. The molecule has 4 nitrogen and oxygen atoms in total. The van der Waals surface area contributed by atoms with Gasteiger partial charge in [0.25, 0.3) is 0 Å². The Kier molecular flexibility index (Phi) is 5.92. The fourth-order valence-corrected chi connectivity index (χ4v) is 3.07. The molecule has 0 radical (unpaired) electrons. The largest absolute Gasteiger partial charge is 0.493 e. The molecule has 0 amide bonds. The van der Waals surface area contributed by atoms with Gasteiger partial charge in [-0.3, -0.25) is 4.98 Å². The van der Waals surface area contributed by atoms with Gasteiger partial charge in [0.2, 0.25) is 0 Å². The Morgan fingerprint density at radius 1 is 1.25 bits per heavy atom. The van der Waals surface area contributed by atoms with Gasteiger partial charge in [-0.25, -0.2) is 0 Å². The van der Waals surface area contributed by atoms with Crippen molar-refractivity contribution in [2.24, 2.45) is 0 Å². The van der Waals surface area contributed by atoms with Gasteiger partial charge in [-0.15, -0.1) is 11.6 Å². The second-order valence-corrected chi connectivity index (χ2v) is 5.70. The molecule has 112 valence electrons. The Balaban J connectivity index is 2.02. The minimum Gasteiger partial charge on any atom is -0.493 e. The van der Waals surface area contributed by atoms with Crippen LogP contribution in [0.1, 0.15) is 37.8 Å². The predicted octanol–water partition coefficient (Wildman–Crippen LogP) is 3.13. The molecule has 2 unspecified atom stereocenters. The summed E-state index contributed by atoms with van der Waals surface area (Å²) in [5.41, 5.74) is 0.861. The number of hydrogen-bond acceptors (Lipinski definition) is 4. The number of ether oxygens (including phenoxy) is 2. The van der Waals surface area contributed by atoms with Crippen molar-refractivity contribution in [3.8, 4) is 11.5 Å². The average Bonchev–Trinajstić information content (AvgIpc) is 2.69. The van der Waals surface area contributed by atoms with Crippen molar-refractivity contribution in [2.45, 2.75) is 50.1 Å². The number of nitrogens with one attached hydrogen (secondary N) is 1. The standard InChI is InChI=1S/C15H23ClN2O2/c1-19-14-8-9-17-13(15(14)20-2)10-18-12-7-5-3-4-6-11(12)16/h8-9,11-12,18H,3-7,10H2,1-2H3. The van der Waals surface area contributed by atoms with Crippen LogP contribution in [0.25, 0.3) is 0 Å². The van der Waals surface area contributed by atoms with E-state index in [-0.39, 0.29) is 5.38 Å². The third kappa shape index (κ3) is 3.76. The molecule has 0 aromatic carbocycles. The molecule has 0 aliphatic heterocycles. The van der Waals surface area contributed by atoms with E-state index in [4.69, 9.17) is 21.1 Å². The first-order valence-electron chi connectivity index (χ1n) is 7.19. The van der Waals surface area contributed by atoms with Crippen LogP contribution in [0.2, 0.25) is 0 Å². The summed E-state index contributed by atoms with van der Waals surface area (Å²) in [5, 5.41) is 3.73. The van der Waals surface area contributed by atoms with Gasteiger partial charge >= 0.3 is 0 Å². The van der Waals surface area contributed by atoms with E-state index in [9.17, 15) is 0 Å². The van der Waals surface area contributed by atoms with Crippen LogP contribution < -0.4 is 14.8 Å². The van der Waals surface area contributed by atoms with E-state index >= 15 is 0 Å². The molecular weight excluding hydrogens is 276 g/mol. The lowest BCUT2D eigenvalue weighted by molar-refractivity contribution is 0.346. The molecule has 1 aromatic rings. The fourth-order valence-electron chi connectivity index (χ4n) is 2.70. The molecular formula is C15H23ClN2O2. The monoisotopic (exact) mass is 298 g/mol. The highest BCUT2D eigenvalue weighted by atomic mass is 35.5. The summed E-state index contributed by atoms with van der Waals surface area (Å²) in [5.74, 6) is 1.41. The molecule has 1 heterocycles. The van der Waals surface area contributed by atoms with Crippen LogP contribution >= 0.6 is 11.6 Å². The highest BCUT2D eigenvalue weighted by Crippen LogP contribution is 2.29. The van der Waals surface area contributed by atoms with Gasteiger partial charge in [-0.05, 0) is 12.8 Å². The van der Waals surface area contributed by atoms with Crippen molar-refractivity contribution in [1.82, 2.24) is 10.3 Å². The number of nitrogens with zero attached hydrogens (tertiary/aromatic N) is 1. The maximum absolute atomic E-state index is 6.45. The molecule has 1 N–H and O–H groups in total. The van der Waals surface area contributed by atoms with Crippen LogP contribution in [-0.2, 0) is 6.54 Å². The average molecular weight is 299 g/mol. The SMILES string of the molecule is COc1ccnc(CNC2CCCCCC2Cl)c1OC. The van der Waals surface area contributed by atoms with E-state index in [2.05, 4.69) is 10.3 Å². The van der Waals surface area contributed by atoms with Gasteiger partial charge in [-0.2, -0.15) is 0 Å². The normalized spacial score (nSPS) is 23.1. The number of aromatic nitrogens is 1. The summed E-state index contributed by atoms with van der Waals surface area (Å²) in [7, 11) is 3.27. The van der Waals surface area contributed by atoms with Gasteiger partial charge < -0.3 is 14.8 Å². The van der Waals surface area contributed by atoms with E-state index < -0.39 is 0 Å². The summed E-state index contributed by atoms with van der Waals surface area (Å²) < 4.78 is 10.7. The Morgan fingerprint density at radius 3 is 2.80 bits per heavy atom. The van der Waals surface area contributed by atoms with Gasteiger partial charge in [0.15, 0.2) is 11.5 Å². The van der Waals surface area contributed by atoms with E-state index in [1.807, 2.05) is 0 Å². The van der Waals surface area contributed by atoms with Gasteiger partial charge in [0.1, 0.15) is 0 Å². The Hall–Kier alpha value is -1.00. The first kappa shape index (κ1) is 15.4. The summed E-state index contributed by atoms with van der Waals surface area (Å²) in [4.78, 5) is 4.38. The number of hydrogen-bond donors (Lipinski definition) is 1. The molecule has 1 aliphatic rings. The van der Waals surface area contributed by atoms with Crippen molar-refractivity contribution in [1.29, 1.82) is 0 Å². The summed E-state index contributed by atoms with van der Waals surface area (Å²) in [6.07, 6.45) is 7.70. The zero-order valence-corrected chi connectivity index (χ0v) is 12.9. The molecule has 2 atom stereocenters. The fraction of sp³-hybridized carbons (Fsp3) is 0.667. The predicted molar refractivity (Wildman–Crippen MR) is 80.7 cm³/mol. The van der Waals surface area contributed by atoms with Gasteiger partial charge in [-0.1, -0.05) is 19.3 Å². The lowest BCUT2D eigenvalue weighted by Gasteiger charge is -2.21. The third-order valence-electron chi connectivity index (χ3n) is 3.83. The van der Waals surface area contributed by atoms with E-state index in [1.54, 1.807) is 26.5 Å². The minimum absolute atomic E-state index is 0.203. The van der Waals surface area contributed by atoms with Crippen molar-refractivity contribution >= 4 is 11.6 Å². The quantitative estimate of drug-likeness (QED) is 0.670. The topological polar surface area (TPSA) is 43.4 Å². The van der Waals surface area contributed by atoms with Crippen LogP contribution in [0.4, 0.5) is 0 Å². The molecule has 1 fully saturated rings. The van der Waals surface area contributed by atoms with Crippen LogP contribution in [0.15, 0.2) is 12.3 Å². The summed E-state index contributed by atoms with van der Waals surface area (Å²) in [6, 6.07) is 2.15. The molecule has 2 rings (SSSR count). The van der Waals surface area contributed by atoms with Crippen LogP contribution in [0.3, 0.4) is 0 Å². The zero-order valence-electron chi connectivity index (χ0n) is 12.2. The van der Waals surface area contributed by atoms with Crippen molar-refractivity contribution in [2.75, 3.05) is 14.2 Å². The number of pyridine rings is 1. The number of rotatable bonds is 5. The minimum atomic E-state index is 0.203. The summed E-state index contributed by atoms with van der Waals surface area (Å²) in [6.45, 7) is 0.647. The first-order valence-corrected chi connectivity index (χ1v) is 7.63. The lowest BCUT2D eigenvalue weighted by atomic mass is 10.1. The first-order chi connectivity index (χ1) is 9.76. The second-order valence-electron chi connectivity index (χ2n) is 5.13. The molecule has 1 aliphatic carbocycles. The molecule has 5 heteroatoms. The highest BCUT2D eigenvalue weighted by molar-refractivity contribution is 6.21. The van der Waals surface area contributed by atoms with Gasteiger partial charge in [0.05, 0.1) is 19.9 Å². The zero-order chi connectivity index (χ0) is 14.4. The van der Waals surface area contributed by atoms with Crippen LogP contribution in [0.5, 0.6) is 11.5 Å². The lowest BCUT2D eigenvalue weighted by Crippen LogP contribution is -2.36. The maximum Gasteiger partial charge on any atom is 0.183 e. The second kappa shape index (κ2) is 7.70. The van der Waals surface area contributed by atoms with Gasteiger partial charge in [0, 0.05) is 30.2 Å². The number of halogens is 1. The van der Waals surface area contributed by atoms with E-state index in [1.165, 1.54) is 19.3 Å². The van der Waals surface area contributed by atoms with E-state index in [0.717, 1.165) is 18.5 Å². The molecule has 0 bridgehead atoms. The Morgan fingerprint density at radius 2 is 2.05 bits per heavy atom. The van der Waals surface area contributed by atoms with Crippen LogP contribution in [0, 0.1) is 0 Å². The Labute approximate surface area is 125 Å². The molecule has 0 spiro atoms. The van der Waals surface area contributed by atoms with E-state index in [0.29, 0.717) is 24.1 Å². The molecule has 1 aromatic heterocycles. The molecule has 0 saturated heterocycles. The third-order valence-corrected chi connectivity index (χ3v) is 4.35. The Bertz CT molecular complexity index is 428. The van der Waals surface area contributed by atoms with Crippen molar-refractivity contribution in [3.05, 3.63) is 18.0 Å². The summed E-state index contributed by atoms with van der Waals surface area (Å²) >= 11 is 6.45. The highest BCUT2D eigenvalue weighted by Gasteiger charge is 2.22. The smallest absolute Gasteiger partial charge is 0.183 e. The van der Waals surface area contributed by atoms with Crippen molar-refractivity contribution < 1.29 is 9.47 Å². The molecule has 20 heavy (non-hydrogen) atoms. The molecule has 1 saturated carbocycles. The number of alkyl halides is 1. The van der Waals surface area contributed by atoms with Crippen LogP contribution in [-0.4, -0.2) is 30.6 Å². The van der Waals surface area contributed by atoms with Crippen molar-refractivity contribution in [3.63, 3.8) is 0 Å².